The van der Waals surface area contributed by atoms with Gasteiger partial charge in [0.15, 0.2) is 11.5 Å². The van der Waals surface area contributed by atoms with Crippen molar-refractivity contribution in [2.24, 2.45) is 0 Å². The molecule has 0 saturated heterocycles. The fraction of sp³-hybridized carbons (Fsp3) is 0.455. The standard InChI is InChI=1S/C22H31NO2/c1-4-15-25-21-14-13-20(16-22(21)24-5-2)17-23-18(3)11-12-19-9-7-6-8-10-19/h6-10,13-14,16,18,23H,4-5,11-12,15,17H2,1-3H3/t18-/m1/s1. The Bertz CT molecular complexity index is 613. The third-order valence-electron chi connectivity index (χ3n) is 4.13. The molecule has 0 heterocycles. The van der Waals surface area contributed by atoms with Crippen LogP contribution in [0.4, 0.5) is 0 Å². The largest absolute Gasteiger partial charge is 0.490 e. The Morgan fingerprint density at radius 2 is 1.72 bits per heavy atom. The van der Waals surface area contributed by atoms with Gasteiger partial charge in [0.1, 0.15) is 0 Å². The first-order chi connectivity index (χ1) is 12.2. The molecule has 0 aromatic heterocycles. The van der Waals surface area contributed by atoms with Gasteiger partial charge in [-0.15, -0.1) is 0 Å². The summed E-state index contributed by atoms with van der Waals surface area (Å²) in [4.78, 5) is 0. The number of hydrogen-bond acceptors (Lipinski definition) is 3. The van der Waals surface area contributed by atoms with Gasteiger partial charge in [-0.25, -0.2) is 0 Å². The smallest absolute Gasteiger partial charge is 0.161 e. The van der Waals surface area contributed by atoms with Crippen molar-refractivity contribution in [2.45, 2.75) is 52.6 Å². The quantitative estimate of drug-likeness (QED) is 0.625. The third-order valence-corrected chi connectivity index (χ3v) is 4.13. The van der Waals surface area contributed by atoms with E-state index in [2.05, 4.69) is 61.6 Å². The molecule has 0 aliphatic rings. The Morgan fingerprint density at radius 1 is 0.920 bits per heavy atom. The van der Waals surface area contributed by atoms with Crippen LogP contribution in [-0.2, 0) is 13.0 Å². The SMILES string of the molecule is CCCOc1ccc(CN[C@H](C)CCc2ccccc2)cc1OCC. The van der Waals surface area contributed by atoms with E-state index in [1.165, 1.54) is 11.1 Å². The van der Waals surface area contributed by atoms with E-state index < -0.39 is 0 Å². The second-order valence-electron chi connectivity index (χ2n) is 6.37. The van der Waals surface area contributed by atoms with Gasteiger partial charge in [-0.2, -0.15) is 0 Å². The van der Waals surface area contributed by atoms with Crippen LogP contribution in [0.3, 0.4) is 0 Å². The molecule has 0 saturated carbocycles. The second-order valence-corrected chi connectivity index (χ2v) is 6.37. The summed E-state index contributed by atoms with van der Waals surface area (Å²) < 4.78 is 11.5. The van der Waals surface area contributed by atoms with E-state index in [-0.39, 0.29) is 0 Å². The van der Waals surface area contributed by atoms with E-state index in [1.807, 2.05) is 13.0 Å². The molecule has 1 N–H and O–H groups in total. The molecule has 0 unspecified atom stereocenters. The lowest BCUT2D eigenvalue weighted by atomic mass is 10.1. The maximum atomic E-state index is 5.76. The number of benzene rings is 2. The van der Waals surface area contributed by atoms with Crippen LogP contribution in [0.5, 0.6) is 11.5 Å². The van der Waals surface area contributed by atoms with Gasteiger partial charge in [-0.3, -0.25) is 0 Å². The number of aryl methyl sites for hydroxylation is 1. The molecule has 0 bridgehead atoms. The Labute approximate surface area is 152 Å². The molecule has 2 aromatic rings. The van der Waals surface area contributed by atoms with Crippen LogP contribution in [0.2, 0.25) is 0 Å². The van der Waals surface area contributed by atoms with Gasteiger partial charge in [-0.05, 0) is 56.4 Å². The number of hydrogen-bond donors (Lipinski definition) is 1. The van der Waals surface area contributed by atoms with Crippen molar-refractivity contribution in [3.05, 3.63) is 59.7 Å². The summed E-state index contributed by atoms with van der Waals surface area (Å²) in [6.45, 7) is 8.55. The molecule has 2 aromatic carbocycles. The molecule has 0 aliphatic carbocycles. The van der Waals surface area contributed by atoms with Gasteiger partial charge in [0.2, 0.25) is 0 Å². The van der Waals surface area contributed by atoms with Crippen LogP contribution < -0.4 is 14.8 Å². The molecule has 1 atom stereocenters. The van der Waals surface area contributed by atoms with Gasteiger partial charge < -0.3 is 14.8 Å². The monoisotopic (exact) mass is 341 g/mol. The van der Waals surface area contributed by atoms with Crippen LogP contribution in [-0.4, -0.2) is 19.3 Å². The maximum Gasteiger partial charge on any atom is 0.161 e. The summed E-state index contributed by atoms with van der Waals surface area (Å²) in [5, 5.41) is 3.60. The first-order valence-corrected chi connectivity index (χ1v) is 9.38. The van der Waals surface area contributed by atoms with Crippen molar-refractivity contribution in [3.63, 3.8) is 0 Å². The number of ether oxygens (including phenoxy) is 2. The fourth-order valence-corrected chi connectivity index (χ4v) is 2.68. The number of rotatable bonds is 11. The normalized spacial score (nSPS) is 12.0. The molecular formula is C22H31NO2. The lowest BCUT2D eigenvalue weighted by molar-refractivity contribution is 0.276. The predicted octanol–water partition coefficient (Wildman–Crippen LogP) is 4.99. The summed E-state index contributed by atoms with van der Waals surface area (Å²) >= 11 is 0. The number of nitrogens with one attached hydrogen (secondary N) is 1. The van der Waals surface area contributed by atoms with Crippen LogP contribution in [0.25, 0.3) is 0 Å². The van der Waals surface area contributed by atoms with Crippen LogP contribution in [0.1, 0.15) is 44.7 Å². The molecule has 0 aliphatic heterocycles. The molecule has 0 radical (unpaired) electrons. The van der Waals surface area contributed by atoms with Crippen molar-refractivity contribution < 1.29 is 9.47 Å². The Morgan fingerprint density at radius 3 is 2.44 bits per heavy atom. The molecule has 3 nitrogen and oxygen atoms in total. The Hall–Kier alpha value is -2.00. The van der Waals surface area contributed by atoms with Gasteiger partial charge >= 0.3 is 0 Å². The van der Waals surface area contributed by atoms with Gasteiger partial charge in [0.25, 0.3) is 0 Å². The molecule has 2 rings (SSSR count). The predicted molar refractivity (Wildman–Crippen MR) is 104 cm³/mol. The summed E-state index contributed by atoms with van der Waals surface area (Å²) in [6, 6.07) is 17.3. The fourth-order valence-electron chi connectivity index (χ4n) is 2.68. The second kappa shape index (κ2) is 10.8. The molecular weight excluding hydrogens is 310 g/mol. The molecule has 0 amide bonds. The van der Waals surface area contributed by atoms with E-state index in [1.54, 1.807) is 0 Å². The summed E-state index contributed by atoms with van der Waals surface area (Å²) in [6.07, 6.45) is 3.22. The first kappa shape index (κ1) is 19.3. The highest BCUT2D eigenvalue weighted by Crippen LogP contribution is 2.28. The van der Waals surface area contributed by atoms with Gasteiger partial charge in [-0.1, -0.05) is 43.3 Å². The first-order valence-electron chi connectivity index (χ1n) is 9.38. The highest BCUT2D eigenvalue weighted by molar-refractivity contribution is 5.43. The summed E-state index contributed by atoms with van der Waals surface area (Å²) in [5.74, 6) is 1.68. The zero-order valence-corrected chi connectivity index (χ0v) is 15.8. The molecule has 3 heteroatoms. The van der Waals surface area contributed by atoms with Gasteiger partial charge in [0, 0.05) is 12.6 Å². The maximum absolute atomic E-state index is 5.76. The van der Waals surface area contributed by atoms with Crippen molar-refractivity contribution in [1.82, 2.24) is 5.32 Å². The molecule has 136 valence electrons. The molecule has 0 spiro atoms. The minimum Gasteiger partial charge on any atom is -0.490 e. The van der Waals surface area contributed by atoms with Crippen LogP contribution in [0, 0.1) is 0 Å². The zero-order valence-electron chi connectivity index (χ0n) is 15.8. The highest BCUT2D eigenvalue weighted by atomic mass is 16.5. The van der Waals surface area contributed by atoms with Crippen molar-refractivity contribution in [2.75, 3.05) is 13.2 Å². The van der Waals surface area contributed by atoms with Gasteiger partial charge in [0.05, 0.1) is 13.2 Å². The van der Waals surface area contributed by atoms with E-state index >= 15 is 0 Å². The Balaban J connectivity index is 1.85. The third kappa shape index (κ3) is 6.79. The molecule has 25 heavy (non-hydrogen) atoms. The van der Waals surface area contributed by atoms with Crippen molar-refractivity contribution in [1.29, 1.82) is 0 Å². The lowest BCUT2D eigenvalue weighted by Crippen LogP contribution is -2.26. The van der Waals surface area contributed by atoms with E-state index in [9.17, 15) is 0 Å². The minimum atomic E-state index is 0.465. The van der Waals surface area contributed by atoms with Crippen LogP contribution in [0.15, 0.2) is 48.5 Å². The van der Waals surface area contributed by atoms with Crippen LogP contribution >= 0.6 is 0 Å². The molecule has 0 fully saturated rings. The topological polar surface area (TPSA) is 30.5 Å². The van der Waals surface area contributed by atoms with E-state index in [0.717, 1.165) is 37.3 Å². The highest BCUT2D eigenvalue weighted by Gasteiger charge is 2.08. The van der Waals surface area contributed by atoms with Crippen molar-refractivity contribution in [3.8, 4) is 11.5 Å². The summed E-state index contributed by atoms with van der Waals surface area (Å²) in [7, 11) is 0. The summed E-state index contributed by atoms with van der Waals surface area (Å²) in [5.41, 5.74) is 2.62. The Kier molecular flexibility index (Phi) is 8.33. The lowest BCUT2D eigenvalue weighted by Gasteiger charge is -2.16. The van der Waals surface area contributed by atoms with Crippen molar-refractivity contribution >= 4 is 0 Å². The zero-order chi connectivity index (χ0) is 17.9. The minimum absolute atomic E-state index is 0.465. The average Bonchev–Trinajstić information content (AvgIpc) is 2.65. The van der Waals surface area contributed by atoms with E-state index in [0.29, 0.717) is 19.3 Å². The average molecular weight is 341 g/mol. The van der Waals surface area contributed by atoms with E-state index in [4.69, 9.17) is 9.47 Å².